The van der Waals surface area contributed by atoms with E-state index in [0.29, 0.717) is 22.4 Å². The average molecular weight is 290 g/mol. The molecule has 0 aliphatic heterocycles. The summed E-state index contributed by atoms with van der Waals surface area (Å²) in [7, 11) is 0. The van der Waals surface area contributed by atoms with Crippen molar-refractivity contribution in [1.82, 2.24) is 0 Å². The maximum Gasteiger partial charge on any atom is 0.137 e. The molecule has 0 spiro atoms. The van der Waals surface area contributed by atoms with Crippen LogP contribution in [-0.4, -0.2) is 13.2 Å². The Kier molecular flexibility index (Phi) is 6.27. The number of halogens is 2. The lowest BCUT2D eigenvalue weighted by Crippen LogP contribution is -2.23. The van der Waals surface area contributed by atoms with Crippen molar-refractivity contribution < 1.29 is 4.74 Å². The molecule has 1 aromatic carbocycles. The number of hydrogen-bond acceptors (Lipinski definition) is 2. The van der Waals surface area contributed by atoms with Crippen LogP contribution in [0.3, 0.4) is 0 Å². The van der Waals surface area contributed by atoms with Gasteiger partial charge in [0.1, 0.15) is 5.75 Å². The monoisotopic (exact) mass is 289 g/mol. The number of nitrogens with two attached hydrogens (primary N) is 1. The summed E-state index contributed by atoms with van der Waals surface area (Å²) in [6, 6.07) is 5.27. The zero-order valence-electron chi connectivity index (χ0n) is 11.0. The van der Waals surface area contributed by atoms with E-state index in [4.69, 9.17) is 33.7 Å². The minimum Gasteiger partial charge on any atom is -0.492 e. The van der Waals surface area contributed by atoms with Gasteiger partial charge in [0, 0.05) is 5.02 Å². The summed E-state index contributed by atoms with van der Waals surface area (Å²) in [5, 5.41) is 1.18. The molecule has 0 amide bonds. The summed E-state index contributed by atoms with van der Waals surface area (Å²) >= 11 is 11.8. The number of rotatable bonds is 7. The molecule has 0 unspecified atom stereocenters. The van der Waals surface area contributed by atoms with Gasteiger partial charge in [-0.25, -0.2) is 0 Å². The summed E-state index contributed by atoms with van der Waals surface area (Å²) in [5.74, 6) is 0.694. The van der Waals surface area contributed by atoms with Gasteiger partial charge in [0.15, 0.2) is 0 Å². The third-order valence-corrected chi connectivity index (χ3v) is 3.48. The molecule has 0 atom stereocenters. The first kappa shape index (κ1) is 15.6. The van der Waals surface area contributed by atoms with Crippen LogP contribution >= 0.6 is 23.2 Å². The Morgan fingerprint density at radius 2 is 1.94 bits per heavy atom. The van der Waals surface area contributed by atoms with E-state index < -0.39 is 0 Å². The Hall–Kier alpha value is -0.440. The molecule has 0 bridgehead atoms. The molecule has 0 radical (unpaired) electrons. The van der Waals surface area contributed by atoms with E-state index in [1.54, 1.807) is 18.2 Å². The second-order valence-corrected chi connectivity index (χ2v) is 6.09. The van der Waals surface area contributed by atoms with Crippen LogP contribution in [-0.2, 0) is 0 Å². The Balaban J connectivity index is 2.26. The average Bonchev–Trinajstić information content (AvgIpc) is 2.31. The largest absolute Gasteiger partial charge is 0.492 e. The van der Waals surface area contributed by atoms with Crippen molar-refractivity contribution in [3.63, 3.8) is 0 Å². The van der Waals surface area contributed by atoms with Gasteiger partial charge in [-0.2, -0.15) is 0 Å². The fourth-order valence-electron chi connectivity index (χ4n) is 1.58. The van der Waals surface area contributed by atoms with Gasteiger partial charge in [-0.3, -0.25) is 0 Å². The second-order valence-electron chi connectivity index (χ2n) is 5.25. The first-order valence-corrected chi connectivity index (χ1v) is 6.98. The van der Waals surface area contributed by atoms with E-state index in [0.717, 1.165) is 25.8 Å². The highest BCUT2D eigenvalue weighted by atomic mass is 35.5. The normalized spacial score (nSPS) is 11.6. The van der Waals surface area contributed by atoms with Crippen molar-refractivity contribution in [1.29, 1.82) is 0 Å². The van der Waals surface area contributed by atoms with E-state index >= 15 is 0 Å². The molecular weight excluding hydrogens is 269 g/mol. The van der Waals surface area contributed by atoms with Crippen LogP contribution in [0.5, 0.6) is 5.75 Å². The number of hydrogen-bond donors (Lipinski definition) is 1. The second kappa shape index (κ2) is 7.22. The van der Waals surface area contributed by atoms with E-state index in [-0.39, 0.29) is 5.41 Å². The molecule has 4 heteroatoms. The quantitative estimate of drug-likeness (QED) is 0.749. The lowest BCUT2D eigenvalue weighted by Gasteiger charge is -2.21. The van der Waals surface area contributed by atoms with Gasteiger partial charge in [-0.15, -0.1) is 0 Å². The lowest BCUT2D eigenvalue weighted by molar-refractivity contribution is 0.279. The number of benzene rings is 1. The van der Waals surface area contributed by atoms with Crippen LogP contribution in [0.25, 0.3) is 0 Å². The van der Waals surface area contributed by atoms with Crippen molar-refractivity contribution in [2.45, 2.75) is 33.1 Å². The van der Waals surface area contributed by atoms with Crippen LogP contribution in [0.1, 0.15) is 33.1 Å². The summed E-state index contributed by atoms with van der Waals surface area (Å²) < 4.78 is 5.62. The van der Waals surface area contributed by atoms with Crippen LogP contribution in [0.15, 0.2) is 18.2 Å². The summed E-state index contributed by atoms with van der Waals surface area (Å²) in [5.41, 5.74) is 5.91. The molecule has 0 fully saturated rings. The third-order valence-electron chi connectivity index (χ3n) is 2.95. The van der Waals surface area contributed by atoms with Crippen LogP contribution < -0.4 is 10.5 Å². The Labute approximate surface area is 119 Å². The van der Waals surface area contributed by atoms with Gasteiger partial charge in [0.2, 0.25) is 0 Å². The third kappa shape index (κ3) is 5.47. The molecule has 2 nitrogen and oxygen atoms in total. The standard InChI is InChI=1S/C14H21Cl2NO/c1-14(2,10-17)7-3-4-8-18-13-6-5-11(15)9-12(13)16/h5-6,9H,3-4,7-8,10,17H2,1-2H3. The highest BCUT2D eigenvalue weighted by molar-refractivity contribution is 6.35. The molecule has 0 heterocycles. The molecule has 1 rings (SSSR count). The number of ether oxygens (including phenoxy) is 1. The minimum atomic E-state index is 0.220. The molecule has 0 aliphatic rings. The van der Waals surface area contributed by atoms with E-state index in [1.165, 1.54) is 0 Å². The Morgan fingerprint density at radius 1 is 1.22 bits per heavy atom. The van der Waals surface area contributed by atoms with E-state index in [1.807, 2.05) is 0 Å². The van der Waals surface area contributed by atoms with Crippen molar-refractivity contribution in [3.05, 3.63) is 28.2 Å². The maximum atomic E-state index is 6.01. The van der Waals surface area contributed by atoms with Gasteiger partial charge in [0.05, 0.1) is 11.6 Å². The fourth-order valence-corrected chi connectivity index (χ4v) is 2.05. The topological polar surface area (TPSA) is 35.2 Å². The molecule has 102 valence electrons. The molecule has 0 saturated carbocycles. The zero-order chi connectivity index (χ0) is 13.6. The Bertz CT molecular complexity index is 380. The molecule has 1 aromatic rings. The smallest absolute Gasteiger partial charge is 0.137 e. The fraction of sp³-hybridized carbons (Fsp3) is 0.571. The SMILES string of the molecule is CC(C)(CN)CCCCOc1ccc(Cl)cc1Cl. The first-order chi connectivity index (χ1) is 8.44. The summed E-state index contributed by atoms with van der Waals surface area (Å²) in [4.78, 5) is 0. The van der Waals surface area contributed by atoms with Crippen LogP contribution in [0, 0.1) is 5.41 Å². The highest BCUT2D eigenvalue weighted by Gasteiger charge is 2.14. The summed E-state index contributed by atoms with van der Waals surface area (Å²) in [6.45, 7) is 5.76. The van der Waals surface area contributed by atoms with E-state index in [9.17, 15) is 0 Å². The van der Waals surface area contributed by atoms with Crippen molar-refractivity contribution in [3.8, 4) is 5.75 Å². The van der Waals surface area contributed by atoms with Crippen molar-refractivity contribution in [2.24, 2.45) is 11.1 Å². The van der Waals surface area contributed by atoms with Gasteiger partial charge >= 0.3 is 0 Å². The number of unbranched alkanes of at least 4 members (excludes halogenated alkanes) is 1. The van der Waals surface area contributed by atoms with E-state index in [2.05, 4.69) is 13.8 Å². The van der Waals surface area contributed by atoms with Gasteiger partial charge in [0.25, 0.3) is 0 Å². The lowest BCUT2D eigenvalue weighted by atomic mass is 9.87. The first-order valence-electron chi connectivity index (χ1n) is 6.22. The van der Waals surface area contributed by atoms with Crippen molar-refractivity contribution in [2.75, 3.05) is 13.2 Å². The molecule has 0 aromatic heterocycles. The maximum absolute atomic E-state index is 6.01. The summed E-state index contributed by atoms with van der Waals surface area (Å²) in [6.07, 6.45) is 3.22. The van der Waals surface area contributed by atoms with Gasteiger partial charge in [-0.05, 0) is 49.4 Å². The predicted octanol–water partition coefficient (Wildman–Crippen LogP) is 4.53. The van der Waals surface area contributed by atoms with Crippen LogP contribution in [0.2, 0.25) is 10.0 Å². The van der Waals surface area contributed by atoms with Crippen molar-refractivity contribution >= 4 is 23.2 Å². The van der Waals surface area contributed by atoms with Crippen LogP contribution in [0.4, 0.5) is 0 Å². The highest BCUT2D eigenvalue weighted by Crippen LogP contribution is 2.28. The van der Waals surface area contributed by atoms with Gasteiger partial charge in [-0.1, -0.05) is 37.0 Å². The van der Waals surface area contributed by atoms with Gasteiger partial charge < -0.3 is 10.5 Å². The molecular formula is C14H21Cl2NO. The zero-order valence-corrected chi connectivity index (χ0v) is 12.5. The minimum absolute atomic E-state index is 0.220. The molecule has 2 N–H and O–H groups in total. The predicted molar refractivity (Wildman–Crippen MR) is 78.6 cm³/mol. The molecule has 0 aliphatic carbocycles. The molecule has 18 heavy (non-hydrogen) atoms. The molecule has 0 saturated heterocycles. The Morgan fingerprint density at radius 3 is 2.56 bits per heavy atom.